The predicted octanol–water partition coefficient (Wildman–Crippen LogP) is 3.37. The highest BCUT2D eigenvalue weighted by atomic mass is 32.2. The van der Waals surface area contributed by atoms with Gasteiger partial charge in [-0.3, -0.25) is 0 Å². The van der Waals surface area contributed by atoms with Crippen LogP contribution >= 0.6 is 24.0 Å². The lowest BCUT2D eigenvalue weighted by molar-refractivity contribution is 0.346. The van der Waals surface area contributed by atoms with E-state index in [-0.39, 0.29) is 0 Å². The molecule has 3 heteroatoms. The largest absolute Gasteiger partial charge is 0.479 e. The molecule has 0 aliphatic heterocycles. The van der Waals surface area contributed by atoms with E-state index in [0.717, 1.165) is 9.63 Å². The highest BCUT2D eigenvalue weighted by molar-refractivity contribution is 8.23. The van der Waals surface area contributed by atoms with Gasteiger partial charge in [0.05, 0.1) is 6.61 Å². The Morgan fingerprint density at radius 2 is 2.08 bits per heavy atom. The molecule has 0 amide bonds. The summed E-state index contributed by atoms with van der Waals surface area (Å²) in [5.41, 5.74) is 0. The first-order valence-electron chi connectivity index (χ1n) is 4.66. The number of thioether (sulfide) groups is 1. The van der Waals surface area contributed by atoms with Crippen LogP contribution in [0, 0.1) is 0 Å². The Balaban J connectivity index is 2.15. The topological polar surface area (TPSA) is 9.23 Å². The van der Waals surface area contributed by atoms with E-state index in [2.05, 4.69) is 0 Å². The average molecular weight is 204 g/mol. The summed E-state index contributed by atoms with van der Waals surface area (Å²) in [6, 6.07) is 0. The number of hydrogen-bond acceptors (Lipinski definition) is 3. The van der Waals surface area contributed by atoms with Crippen molar-refractivity contribution in [1.82, 2.24) is 0 Å². The van der Waals surface area contributed by atoms with Gasteiger partial charge in [-0.25, -0.2) is 0 Å². The van der Waals surface area contributed by atoms with E-state index in [1.165, 1.54) is 32.1 Å². The summed E-state index contributed by atoms with van der Waals surface area (Å²) in [4.78, 5) is 0. The normalized spacial score (nSPS) is 19.1. The van der Waals surface area contributed by atoms with Crippen molar-refractivity contribution in [2.45, 2.75) is 44.3 Å². The minimum atomic E-state index is 0.707. The first-order chi connectivity index (χ1) is 5.83. The van der Waals surface area contributed by atoms with Crippen LogP contribution in [0.1, 0.15) is 39.0 Å². The highest BCUT2D eigenvalue weighted by Gasteiger charge is 2.15. The Kier molecular flexibility index (Phi) is 5.00. The van der Waals surface area contributed by atoms with Crippen molar-refractivity contribution < 1.29 is 4.74 Å². The molecule has 1 rings (SSSR count). The van der Waals surface area contributed by atoms with E-state index in [0.29, 0.717) is 6.61 Å². The second-order valence-corrected chi connectivity index (χ2v) is 4.96. The minimum absolute atomic E-state index is 0.707. The van der Waals surface area contributed by atoms with Gasteiger partial charge < -0.3 is 4.74 Å². The Labute approximate surface area is 84.2 Å². The predicted molar refractivity (Wildman–Crippen MR) is 58.7 cm³/mol. The van der Waals surface area contributed by atoms with Gasteiger partial charge in [0.25, 0.3) is 0 Å². The van der Waals surface area contributed by atoms with Crippen molar-refractivity contribution in [1.29, 1.82) is 0 Å². The van der Waals surface area contributed by atoms with Gasteiger partial charge in [0.15, 0.2) is 0 Å². The molecule has 0 aromatic heterocycles. The molecule has 1 aliphatic rings. The second-order valence-electron chi connectivity index (χ2n) is 3.06. The molecule has 1 saturated carbocycles. The van der Waals surface area contributed by atoms with Gasteiger partial charge in [-0.1, -0.05) is 31.0 Å². The molecular formula is C9H16OS2. The van der Waals surface area contributed by atoms with Gasteiger partial charge >= 0.3 is 0 Å². The van der Waals surface area contributed by atoms with Crippen molar-refractivity contribution in [3.8, 4) is 0 Å². The average Bonchev–Trinajstić information content (AvgIpc) is 2.06. The van der Waals surface area contributed by atoms with Crippen LogP contribution in [-0.2, 0) is 4.74 Å². The summed E-state index contributed by atoms with van der Waals surface area (Å²) in [6.45, 7) is 2.69. The fourth-order valence-corrected chi connectivity index (χ4v) is 3.02. The Morgan fingerprint density at radius 3 is 2.67 bits per heavy atom. The molecule has 0 aromatic rings. The van der Waals surface area contributed by atoms with E-state index in [4.69, 9.17) is 17.0 Å². The van der Waals surface area contributed by atoms with E-state index < -0.39 is 0 Å². The maximum absolute atomic E-state index is 5.24. The summed E-state index contributed by atoms with van der Waals surface area (Å²) in [7, 11) is 0. The molecule has 0 unspecified atom stereocenters. The summed E-state index contributed by atoms with van der Waals surface area (Å²) in [6.07, 6.45) is 6.77. The van der Waals surface area contributed by atoms with Crippen LogP contribution in [-0.4, -0.2) is 16.2 Å². The van der Waals surface area contributed by atoms with Crippen molar-refractivity contribution in [2.24, 2.45) is 0 Å². The van der Waals surface area contributed by atoms with Crippen LogP contribution in [0.5, 0.6) is 0 Å². The molecule has 1 aliphatic carbocycles. The highest BCUT2D eigenvalue weighted by Crippen LogP contribution is 2.29. The van der Waals surface area contributed by atoms with Crippen LogP contribution in [0.4, 0.5) is 0 Å². The fraction of sp³-hybridized carbons (Fsp3) is 0.889. The standard InChI is InChI=1S/C9H16OS2/c1-2-10-9(11)12-8-6-4-3-5-7-8/h8H,2-7H2,1H3. The Bertz CT molecular complexity index is 141. The van der Waals surface area contributed by atoms with E-state index in [1.807, 2.05) is 6.92 Å². The summed E-state index contributed by atoms with van der Waals surface area (Å²) in [5.74, 6) is 0. The second kappa shape index (κ2) is 5.81. The maximum atomic E-state index is 5.24. The van der Waals surface area contributed by atoms with Crippen LogP contribution in [0.2, 0.25) is 0 Å². The first kappa shape index (κ1) is 10.3. The van der Waals surface area contributed by atoms with E-state index in [1.54, 1.807) is 11.8 Å². The van der Waals surface area contributed by atoms with Crippen LogP contribution in [0.3, 0.4) is 0 Å². The van der Waals surface area contributed by atoms with Crippen LogP contribution in [0.15, 0.2) is 0 Å². The van der Waals surface area contributed by atoms with Gasteiger partial charge in [0, 0.05) is 5.25 Å². The third kappa shape index (κ3) is 3.76. The molecular weight excluding hydrogens is 188 g/mol. The zero-order valence-electron chi connectivity index (χ0n) is 7.54. The van der Waals surface area contributed by atoms with E-state index >= 15 is 0 Å². The number of ether oxygens (including phenoxy) is 1. The molecule has 0 heterocycles. The van der Waals surface area contributed by atoms with Gasteiger partial charge in [-0.15, -0.1) is 0 Å². The molecule has 0 aromatic carbocycles. The molecule has 0 saturated heterocycles. The minimum Gasteiger partial charge on any atom is -0.479 e. The summed E-state index contributed by atoms with van der Waals surface area (Å²) < 4.78 is 5.98. The molecule has 1 nitrogen and oxygen atoms in total. The van der Waals surface area contributed by atoms with Crippen molar-refractivity contribution in [3.05, 3.63) is 0 Å². The van der Waals surface area contributed by atoms with Gasteiger partial charge in [-0.05, 0) is 32.0 Å². The Hall–Kier alpha value is 0.240. The third-order valence-corrected chi connectivity index (χ3v) is 3.60. The smallest absolute Gasteiger partial charge is 0.220 e. The monoisotopic (exact) mass is 204 g/mol. The maximum Gasteiger partial charge on any atom is 0.220 e. The van der Waals surface area contributed by atoms with Crippen LogP contribution < -0.4 is 0 Å². The molecule has 0 spiro atoms. The molecule has 0 bridgehead atoms. The van der Waals surface area contributed by atoms with Crippen LogP contribution in [0.25, 0.3) is 0 Å². The van der Waals surface area contributed by atoms with Crippen molar-refractivity contribution in [2.75, 3.05) is 6.61 Å². The lowest BCUT2D eigenvalue weighted by atomic mass is 10.0. The van der Waals surface area contributed by atoms with Crippen molar-refractivity contribution in [3.63, 3.8) is 0 Å². The number of thiocarbonyl (C=S) groups is 1. The molecule has 0 radical (unpaired) electrons. The van der Waals surface area contributed by atoms with Gasteiger partial charge in [0.1, 0.15) is 0 Å². The van der Waals surface area contributed by atoms with Crippen molar-refractivity contribution >= 4 is 28.4 Å². The SMILES string of the molecule is CCOC(=S)SC1CCCCC1. The molecule has 0 atom stereocenters. The number of rotatable bonds is 2. The zero-order chi connectivity index (χ0) is 8.81. The molecule has 12 heavy (non-hydrogen) atoms. The van der Waals surface area contributed by atoms with Gasteiger partial charge in [0.2, 0.25) is 4.38 Å². The zero-order valence-corrected chi connectivity index (χ0v) is 9.18. The van der Waals surface area contributed by atoms with Gasteiger partial charge in [-0.2, -0.15) is 0 Å². The Morgan fingerprint density at radius 1 is 1.42 bits per heavy atom. The number of hydrogen-bond donors (Lipinski definition) is 0. The lowest BCUT2D eigenvalue weighted by Gasteiger charge is -2.20. The molecule has 70 valence electrons. The summed E-state index contributed by atoms with van der Waals surface area (Å²) >= 11 is 6.83. The lowest BCUT2D eigenvalue weighted by Crippen LogP contribution is -2.11. The summed E-state index contributed by atoms with van der Waals surface area (Å²) in [5, 5.41) is 0.734. The first-order valence-corrected chi connectivity index (χ1v) is 5.95. The molecule has 0 N–H and O–H groups in total. The molecule has 1 fully saturated rings. The fourth-order valence-electron chi connectivity index (χ4n) is 1.47. The van der Waals surface area contributed by atoms with E-state index in [9.17, 15) is 0 Å². The quantitative estimate of drug-likeness (QED) is 0.638. The third-order valence-electron chi connectivity index (χ3n) is 2.08.